The van der Waals surface area contributed by atoms with Crippen molar-refractivity contribution in [3.05, 3.63) is 23.0 Å². The lowest BCUT2D eigenvalue weighted by Crippen LogP contribution is -2.33. The zero-order valence-corrected chi connectivity index (χ0v) is 12.6. The van der Waals surface area contributed by atoms with Gasteiger partial charge in [-0.3, -0.25) is 9.69 Å². The van der Waals surface area contributed by atoms with Gasteiger partial charge in [0.2, 0.25) is 0 Å². The van der Waals surface area contributed by atoms with Gasteiger partial charge in [-0.2, -0.15) is 0 Å². The largest absolute Gasteiger partial charge is 0.395 e. The molecule has 1 aromatic heterocycles. The molecule has 0 atom stereocenters. The van der Waals surface area contributed by atoms with Gasteiger partial charge in [-0.1, -0.05) is 13.3 Å². The maximum absolute atomic E-state index is 12.3. The zero-order chi connectivity index (χ0) is 14.4. The van der Waals surface area contributed by atoms with Gasteiger partial charge in [-0.15, -0.1) is 0 Å². The molecule has 4 nitrogen and oxygen atoms in total. The summed E-state index contributed by atoms with van der Waals surface area (Å²) in [5.41, 5.74) is 2.92. The van der Waals surface area contributed by atoms with Crippen LogP contribution >= 0.6 is 0 Å². The fraction of sp³-hybridized carbons (Fsp3) is 0.667. The van der Waals surface area contributed by atoms with Gasteiger partial charge >= 0.3 is 0 Å². The average Bonchev–Trinajstić information content (AvgIpc) is 2.64. The smallest absolute Gasteiger partial charge is 0.178 e. The van der Waals surface area contributed by atoms with E-state index in [9.17, 15) is 4.79 Å². The van der Waals surface area contributed by atoms with Crippen molar-refractivity contribution in [3.8, 4) is 0 Å². The van der Waals surface area contributed by atoms with Crippen molar-refractivity contribution in [1.82, 2.24) is 9.47 Å². The Morgan fingerprint density at radius 1 is 1.37 bits per heavy atom. The van der Waals surface area contributed by atoms with E-state index >= 15 is 0 Å². The molecule has 0 aliphatic heterocycles. The van der Waals surface area contributed by atoms with Crippen LogP contribution < -0.4 is 0 Å². The van der Waals surface area contributed by atoms with Crippen molar-refractivity contribution in [2.24, 2.45) is 7.05 Å². The van der Waals surface area contributed by atoms with E-state index in [2.05, 4.69) is 6.92 Å². The molecule has 1 aromatic rings. The zero-order valence-electron chi connectivity index (χ0n) is 12.6. The monoisotopic (exact) mass is 266 g/mol. The minimum Gasteiger partial charge on any atom is -0.395 e. The molecule has 0 bridgehead atoms. The summed E-state index contributed by atoms with van der Waals surface area (Å²) >= 11 is 0. The summed E-state index contributed by atoms with van der Waals surface area (Å²) in [6, 6.07) is 1.95. The highest BCUT2D eigenvalue weighted by Crippen LogP contribution is 2.14. The maximum atomic E-state index is 12.3. The molecular weight excluding hydrogens is 240 g/mol. The number of carbonyl (C=O) groups excluding carboxylic acids is 1. The summed E-state index contributed by atoms with van der Waals surface area (Å²) in [5, 5.41) is 9.07. The van der Waals surface area contributed by atoms with E-state index in [0.29, 0.717) is 13.1 Å². The second kappa shape index (κ2) is 7.46. The number of hydrogen-bond acceptors (Lipinski definition) is 3. The minimum absolute atomic E-state index is 0.101. The average molecular weight is 266 g/mol. The molecule has 1 heterocycles. The van der Waals surface area contributed by atoms with Crippen LogP contribution in [0.4, 0.5) is 0 Å². The number of aliphatic hydroxyl groups is 1. The molecule has 0 fully saturated rings. The molecule has 0 saturated heterocycles. The lowest BCUT2D eigenvalue weighted by Gasteiger charge is -2.20. The fourth-order valence-corrected chi connectivity index (χ4v) is 2.22. The van der Waals surface area contributed by atoms with Crippen molar-refractivity contribution in [3.63, 3.8) is 0 Å². The molecule has 1 N–H and O–H groups in total. The van der Waals surface area contributed by atoms with Gasteiger partial charge in [-0.05, 0) is 32.9 Å². The van der Waals surface area contributed by atoms with Crippen LogP contribution in [-0.4, -0.2) is 46.6 Å². The van der Waals surface area contributed by atoms with Crippen LogP contribution in [0.2, 0.25) is 0 Å². The number of hydrogen-bond donors (Lipinski definition) is 1. The van der Waals surface area contributed by atoms with Gasteiger partial charge in [0.1, 0.15) is 0 Å². The lowest BCUT2D eigenvalue weighted by atomic mass is 10.1. The molecule has 19 heavy (non-hydrogen) atoms. The number of carbonyl (C=O) groups is 1. The summed E-state index contributed by atoms with van der Waals surface area (Å²) in [5.74, 6) is 0.144. The van der Waals surface area contributed by atoms with Crippen molar-refractivity contribution in [2.75, 3.05) is 26.2 Å². The standard InChI is InChI=1S/C15H26N2O2/c1-5-6-7-17(8-9-18)11-15(19)14-10-12(2)16(4)13(14)3/h10,18H,5-9,11H2,1-4H3. The molecule has 0 aromatic carbocycles. The van der Waals surface area contributed by atoms with E-state index in [-0.39, 0.29) is 12.4 Å². The molecule has 1 rings (SSSR count). The van der Waals surface area contributed by atoms with E-state index in [1.165, 1.54) is 0 Å². The van der Waals surface area contributed by atoms with Crippen LogP contribution in [0.5, 0.6) is 0 Å². The van der Waals surface area contributed by atoms with Gasteiger partial charge in [0.15, 0.2) is 5.78 Å². The number of Topliss-reactive ketones (excluding diaryl/α,β-unsaturated/α-hetero) is 1. The second-order valence-electron chi connectivity index (χ2n) is 5.12. The van der Waals surface area contributed by atoms with Gasteiger partial charge in [0.25, 0.3) is 0 Å². The highest BCUT2D eigenvalue weighted by Gasteiger charge is 2.16. The number of rotatable bonds is 8. The van der Waals surface area contributed by atoms with Crippen molar-refractivity contribution in [2.45, 2.75) is 33.6 Å². The number of ketones is 1. The van der Waals surface area contributed by atoms with Gasteiger partial charge in [-0.25, -0.2) is 0 Å². The number of aromatic nitrogens is 1. The predicted octanol–water partition coefficient (Wildman–Crippen LogP) is 1.92. The Morgan fingerprint density at radius 2 is 2.05 bits per heavy atom. The van der Waals surface area contributed by atoms with E-state index in [1.807, 2.05) is 36.4 Å². The van der Waals surface area contributed by atoms with Crippen LogP contribution in [0.3, 0.4) is 0 Å². The Hall–Kier alpha value is -1.13. The number of aliphatic hydroxyl groups excluding tert-OH is 1. The number of nitrogens with zero attached hydrogens (tertiary/aromatic N) is 2. The third-order valence-corrected chi connectivity index (χ3v) is 3.69. The Bertz CT molecular complexity index is 424. The van der Waals surface area contributed by atoms with Crippen LogP contribution in [0.1, 0.15) is 41.5 Å². The van der Waals surface area contributed by atoms with E-state index in [0.717, 1.165) is 36.3 Å². The summed E-state index contributed by atoms with van der Waals surface area (Å²) in [6.07, 6.45) is 2.15. The second-order valence-corrected chi connectivity index (χ2v) is 5.12. The Labute approximate surface area is 116 Å². The first-order valence-electron chi connectivity index (χ1n) is 7.00. The Balaban J connectivity index is 2.72. The summed E-state index contributed by atoms with van der Waals surface area (Å²) in [4.78, 5) is 14.4. The van der Waals surface area contributed by atoms with E-state index in [4.69, 9.17) is 5.11 Å². The van der Waals surface area contributed by atoms with Crippen molar-refractivity contribution < 1.29 is 9.90 Å². The van der Waals surface area contributed by atoms with E-state index < -0.39 is 0 Å². The third kappa shape index (κ3) is 4.18. The molecular formula is C15H26N2O2. The summed E-state index contributed by atoms with van der Waals surface area (Å²) in [7, 11) is 1.98. The minimum atomic E-state index is 0.101. The van der Waals surface area contributed by atoms with Gasteiger partial charge in [0, 0.05) is 30.5 Å². The quantitative estimate of drug-likeness (QED) is 0.731. The number of unbranched alkanes of at least 4 members (excludes halogenated alkanes) is 1. The molecule has 0 radical (unpaired) electrons. The van der Waals surface area contributed by atoms with E-state index in [1.54, 1.807) is 0 Å². The molecule has 0 spiro atoms. The van der Waals surface area contributed by atoms with Crippen molar-refractivity contribution in [1.29, 1.82) is 0 Å². The molecule has 0 aliphatic rings. The first-order valence-corrected chi connectivity index (χ1v) is 7.00. The highest BCUT2D eigenvalue weighted by atomic mass is 16.3. The molecule has 0 aliphatic carbocycles. The first-order chi connectivity index (χ1) is 9.01. The fourth-order valence-electron chi connectivity index (χ4n) is 2.22. The molecule has 108 valence electrons. The molecule has 4 heteroatoms. The van der Waals surface area contributed by atoms with Crippen LogP contribution in [0.25, 0.3) is 0 Å². The third-order valence-electron chi connectivity index (χ3n) is 3.69. The molecule has 0 unspecified atom stereocenters. The van der Waals surface area contributed by atoms with Gasteiger partial charge in [0.05, 0.1) is 13.2 Å². The summed E-state index contributed by atoms with van der Waals surface area (Å²) in [6.45, 7) is 8.04. The lowest BCUT2D eigenvalue weighted by molar-refractivity contribution is 0.0913. The van der Waals surface area contributed by atoms with Gasteiger partial charge < -0.3 is 9.67 Å². The van der Waals surface area contributed by atoms with Crippen LogP contribution in [0.15, 0.2) is 6.07 Å². The molecule has 0 amide bonds. The Kier molecular flexibility index (Phi) is 6.25. The Morgan fingerprint density at radius 3 is 2.53 bits per heavy atom. The van der Waals surface area contributed by atoms with Crippen molar-refractivity contribution >= 4 is 5.78 Å². The highest BCUT2D eigenvalue weighted by molar-refractivity contribution is 5.99. The normalized spacial score (nSPS) is 11.3. The SMILES string of the molecule is CCCCN(CCO)CC(=O)c1cc(C)n(C)c1C. The van der Waals surface area contributed by atoms with Crippen LogP contribution in [0, 0.1) is 13.8 Å². The first kappa shape index (κ1) is 15.9. The summed E-state index contributed by atoms with van der Waals surface area (Å²) < 4.78 is 2.04. The maximum Gasteiger partial charge on any atom is 0.178 e. The molecule has 0 saturated carbocycles. The van der Waals surface area contributed by atoms with Crippen LogP contribution in [-0.2, 0) is 7.05 Å². The number of aryl methyl sites for hydroxylation is 1. The topological polar surface area (TPSA) is 45.5 Å². The predicted molar refractivity (Wildman–Crippen MR) is 77.7 cm³/mol.